The van der Waals surface area contributed by atoms with Crippen LogP contribution < -0.4 is 5.32 Å². The normalized spacial score (nSPS) is 13.6. The van der Waals surface area contributed by atoms with Gasteiger partial charge in [0.15, 0.2) is 0 Å². The van der Waals surface area contributed by atoms with Crippen molar-refractivity contribution in [2.24, 2.45) is 0 Å². The Balaban J connectivity index is 3.87. The number of rotatable bonds is 8. The molecule has 14 heavy (non-hydrogen) atoms. The Morgan fingerprint density at radius 1 is 1.36 bits per heavy atom. The van der Waals surface area contributed by atoms with E-state index in [1.165, 1.54) is 13.0 Å². The summed E-state index contributed by atoms with van der Waals surface area (Å²) in [6, 6.07) is 1.24. The first kappa shape index (κ1) is 13.7. The van der Waals surface area contributed by atoms with Crippen molar-refractivity contribution in [3.8, 4) is 0 Å². The molecule has 0 radical (unpaired) electrons. The maximum absolute atomic E-state index is 3.70. The van der Waals surface area contributed by atoms with E-state index >= 15 is 0 Å². The fourth-order valence-corrected chi connectivity index (χ4v) is 1.76. The summed E-state index contributed by atoms with van der Waals surface area (Å²) in [7, 11) is 0. The maximum atomic E-state index is 3.70. The zero-order valence-electron chi connectivity index (χ0n) is 10.2. The third-order valence-corrected chi connectivity index (χ3v) is 2.44. The Kier molecular flexibility index (Phi) is 7.81. The van der Waals surface area contributed by atoms with Crippen LogP contribution in [0.4, 0.5) is 0 Å². The molecule has 0 heterocycles. The molecule has 0 aromatic rings. The number of nitrogens with one attached hydrogen (secondary N) is 1. The van der Waals surface area contributed by atoms with Crippen LogP contribution in [0.15, 0.2) is 12.7 Å². The van der Waals surface area contributed by atoms with Gasteiger partial charge in [-0.1, -0.05) is 13.0 Å². The number of nitrogens with zero attached hydrogens (tertiary/aromatic N) is 1. The predicted octanol–water partition coefficient (Wildman–Crippen LogP) is 2.27. The smallest absolute Gasteiger partial charge is 0.0195 e. The molecule has 0 aliphatic rings. The Bertz CT molecular complexity index is 143. The molecule has 1 N–H and O–H groups in total. The van der Waals surface area contributed by atoms with Crippen LogP contribution in [0.1, 0.15) is 34.1 Å². The number of hydrogen-bond donors (Lipinski definition) is 1. The molecule has 1 atom stereocenters. The fourth-order valence-electron chi connectivity index (χ4n) is 1.76. The second kappa shape index (κ2) is 8.01. The molecular weight excluding hydrogens is 172 g/mol. The van der Waals surface area contributed by atoms with Gasteiger partial charge in [0.2, 0.25) is 0 Å². The van der Waals surface area contributed by atoms with Gasteiger partial charge < -0.3 is 5.32 Å². The third-order valence-electron chi connectivity index (χ3n) is 2.44. The quantitative estimate of drug-likeness (QED) is 0.475. The van der Waals surface area contributed by atoms with Crippen molar-refractivity contribution < 1.29 is 0 Å². The zero-order chi connectivity index (χ0) is 11.0. The van der Waals surface area contributed by atoms with E-state index < -0.39 is 0 Å². The minimum atomic E-state index is 0.606. The van der Waals surface area contributed by atoms with E-state index in [4.69, 9.17) is 0 Å². The van der Waals surface area contributed by atoms with Crippen LogP contribution in [0.3, 0.4) is 0 Å². The highest BCUT2D eigenvalue weighted by Gasteiger charge is 2.14. The predicted molar refractivity (Wildman–Crippen MR) is 64.7 cm³/mol. The van der Waals surface area contributed by atoms with Crippen molar-refractivity contribution in [1.29, 1.82) is 0 Å². The second-order valence-corrected chi connectivity index (χ2v) is 4.13. The van der Waals surface area contributed by atoms with E-state index in [0.717, 1.165) is 13.1 Å². The maximum Gasteiger partial charge on any atom is 0.0195 e. The summed E-state index contributed by atoms with van der Waals surface area (Å²) < 4.78 is 0. The first-order valence-corrected chi connectivity index (χ1v) is 5.70. The molecule has 1 unspecified atom stereocenters. The summed E-state index contributed by atoms with van der Waals surface area (Å²) in [5.41, 5.74) is 0. The zero-order valence-corrected chi connectivity index (χ0v) is 10.2. The van der Waals surface area contributed by atoms with Crippen LogP contribution in [0.5, 0.6) is 0 Å². The summed E-state index contributed by atoms with van der Waals surface area (Å²) >= 11 is 0. The summed E-state index contributed by atoms with van der Waals surface area (Å²) in [4.78, 5) is 2.54. The average Bonchev–Trinajstić information content (AvgIpc) is 2.13. The van der Waals surface area contributed by atoms with Crippen molar-refractivity contribution in [3.63, 3.8) is 0 Å². The van der Waals surface area contributed by atoms with E-state index in [9.17, 15) is 0 Å². The Labute approximate surface area is 89.4 Å². The van der Waals surface area contributed by atoms with Gasteiger partial charge in [-0.15, -0.1) is 6.58 Å². The van der Waals surface area contributed by atoms with Gasteiger partial charge >= 0.3 is 0 Å². The van der Waals surface area contributed by atoms with Gasteiger partial charge in [-0.3, -0.25) is 4.90 Å². The highest BCUT2D eigenvalue weighted by molar-refractivity contribution is 4.76. The van der Waals surface area contributed by atoms with Crippen molar-refractivity contribution in [2.45, 2.75) is 46.2 Å². The minimum absolute atomic E-state index is 0.606. The van der Waals surface area contributed by atoms with E-state index in [0.29, 0.717) is 12.1 Å². The van der Waals surface area contributed by atoms with Crippen LogP contribution in [0.25, 0.3) is 0 Å². The Morgan fingerprint density at radius 2 is 2.00 bits per heavy atom. The lowest BCUT2D eigenvalue weighted by molar-refractivity contribution is 0.162. The summed E-state index contributed by atoms with van der Waals surface area (Å²) in [6.45, 7) is 15.9. The Morgan fingerprint density at radius 3 is 2.43 bits per heavy atom. The van der Waals surface area contributed by atoms with Crippen molar-refractivity contribution >= 4 is 0 Å². The van der Waals surface area contributed by atoms with Gasteiger partial charge in [0.25, 0.3) is 0 Å². The van der Waals surface area contributed by atoms with Gasteiger partial charge in [0.05, 0.1) is 0 Å². The van der Waals surface area contributed by atoms with Crippen molar-refractivity contribution in [3.05, 3.63) is 12.7 Å². The van der Waals surface area contributed by atoms with E-state index in [1.54, 1.807) is 0 Å². The molecule has 0 spiro atoms. The Hall–Kier alpha value is -0.340. The van der Waals surface area contributed by atoms with Gasteiger partial charge in [-0.2, -0.15) is 0 Å². The molecule has 0 aromatic carbocycles. The standard InChI is InChI=1S/C12H26N2/c1-6-8-13-10-12(5)14(9-7-2)11(3)4/h6,11-13H,1,7-10H2,2-5H3. The molecule has 0 aliphatic heterocycles. The van der Waals surface area contributed by atoms with Crippen molar-refractivity contribution in [1.82, 2.24) is 10.2 Å². The summed E-state index contributed by atoms with van der Waals surface area (Å²) in [6.07, 6.45) is 3.14. The lowest BCUT2D eigenvalue weighted by Crippen LogP contribution is -2.44. The lowest BCUT2D eigenvalue weighted by atomic mass is 10.2. The fraction of sp³-hybridized carbons (Fsp3) is 0.833. The van der Waals surface area contributed by atoms with Gasteiger partial charge in [-0.05, 0) is 33.7 Å². The highest BCUT2D eigenvalue weighted by Crippen LogP contribution is 2.05. The SMILES string of the molecule is C=CCNCC(C)N(CCC)C(C)C. The van der Waals surface area contributed by atoms with Crippen LogP contribution in [0, 0.1) is 0 Å². The molecule has 0 amide bonds. The molecule has 0 rings (SSSR count). The topological polar surface area (TPSA) is 15.3 Å². The van der Waals surface area contributed by atoms with Crippen LogP contribution in [-0.4, -0.2) is 36.6 Å². The molecule has 0 aromatic heterocycles. The molecule has 2 heteroatoms. The van der Waals surface area contributed by atoms with Crippen molar-refractivity contribution in [2.75, 3.05) is 19.6 Å². The number of hydrogen-bond acceptors (Lipinski definition) is 2. The lowest BCUT2D eigenvalue weighted by Gasteiger charge is -2.32. The molecule has 0 saturated heterocycles. The molecule has 2 nitrogen and oxygen atoms in total. The largest absolute Gasteiger partial charge is 0.312 e. The van der Waals surface area contributed by atoms with Gasteiger partial charge in [0.1, 0.15) is 0 Å². The summed E-state index contributed by atoms with van der Waals surface area (Å²) in [5.74, 6) is 0. The molecule has 0 aliphatic carbocycles. The highest BCUT2D eigenvalue weighted by atomic mass is 15.2. The first-order chi connectivity index (χ1) is 6.63. The molecular formula is C12H26N2. The summed E-state index contributed by atoms with van der Waals surface area (Å²) in [5, 5.41) is 3.37. The van der Waals surface area contributed by atoms with E-state index in [1.807, 2.05) is 6.08 Å². The third kappa shape index (κ3) is 5.40. The average molecular weight is 198 g/mol. The van der Waals surface area contributed by atoms with E-state index in [2.05, 4.69) is 44.5 Å². The second-order valence-electron chi connectivity index (χ2n) is 4.13. The van der Waals surface area contributed by atoms with Crippen LogP contribution in [0.2, 0.25) is 0 Å². The monoisotopic (exact) mass is 198 g/mol. The molecule has 0 saturated carbocycles. The van der Waals surface area contributed by atoms with E-state index in [-0.39, 0.29) is 0 Å². The van der Waals surface area contributed by atoms with Crippen LogP contribution in [-0.2, 0) is 0 Å². The molecule has 0 bridgehead atoms. The molecule has 84 valence electrons. The minimum Gasteiger partial charge on any atom is -0.312 e. The molecule has 0 fully saturated rings. The first-order valence-electron chi connectivity index (χ1n) is 5.70. The van der Waals surface area contributed by atoms with Gasteiger partial charge in [-0.25, -0.2) is 0 Å². The van der Waals surface area contributed by atoms with Gasteiger partial charge in [0, 0.05) is 25.2 Å². The van der Waals surface area contributed by atoms with Crippen LogP contribution >= 0.6 is 0 Å².